The highest BCUT2D eigenvalue weighted by Crippen LogP contribution is 2.20. The molecule has 2 aromatic carbocycles. The molecule has 2 aromatic rings. The van der Waals surface area contributed by atoms with E-state index in [1.807, 2.05) is 31.2 Å². The fourth-order valence-electron chi connectivity index (χ4n) is 1.80. The standard InChI is InChI=1S/C15H15FO/c1-11-6-8-12(9-7-11)10-15(17)13-4-2-3-5-14(13)16/h2-9,15,17H,10H2,1H3. The molecule has 0 saturated carbocycles. The van der Waals surface area contributed by atoms with Gasteiger partial charge < -0.3 is 5.11 Å². The predicted octanol–water partition coefficient (Wildman–Crippen LogP) is 3.41. The van der Waals surface area contributed by atoms with Crippen molar-refractivity contribution in [3.8, 4) is 0 Å². The molecular formula is C15H15FO. The molecule has 0 saturated heterocycles. The summed E-state index contributed by atoms with van der Waals surface area (Å²) < 4.78 is 13.4. The number of rotatable bonds is 3. The molecule has 0 fully saturated rings. The van der Waals surface area contributed by atoms with Gasteiger partial charge in [0.25, 0.3) is 0 Å². The molecule has 1 N–H and O–H groups in total. The van der Waals surface area contributed by atoms with E-state index in [1.165, 1.54) is 11.6 Å². The smallest absolute Gasteiger partial charge is 0.129 e. The molecule has 0 aliphatic heterocycles. The van der Waals surface area contributed by atoms with Crippen LogP contribution in [0.5, 0.6) is 0 Å². The highest BCUT2D eigenvalue weighted by molar-refractivity contribution is 5.25. The number of hydrogen-bond donors (Lipinski definition) is 1. The van der Waals surface area contributed by atoms with E-state index >= 15 is 0 Å². The van der Waals surface area contributed by atoms with E-state index in [4.69, 9.17) is 0 Å². The van der Waals surface area contributed by atoms with E-state index in [1.54, 1.807) is 18.2 Å². The van der Waals surface area contributed by atoms with E-state index in [0.717, 1.165) is 5.56 Å². The van der Waals surface area contributed by atoms with Gasteiger partial charge in [0.2, 0.25) is 0 Å². The fourth-order valence-corrected chi connectivity index (χ4v) is 1.80. The molecule has 0 aliphatic carbocycles. The van der Waals surface area contributed by atoms with Crippen LogP contribution in [0.1, 0.15) is 22.8 Å². The Morgan fingerprint density at radius 2 is 1.71 bits per heavy atom. The second-order valence-corrected chi connectivity index (χ2v) is 4.23. The summed E-state index contributed by atoms with van der Waals surface area (Å²) in [5.41, 5.74) is 2.54. The molecule has 1 nitrogen and oxygen atoms in total. The zero-order valence-electron chi connectivity index (χ0n) is 9.73. The Balaban J connectivity index is 2.14. The summed E-state index contributed by atoms with van der Waals surface area (Å²) in [5, 5.41) is 9.98. The third-order valence-electron chi connectivity index (χ3n) is 2.81. The van der Waals surface area contributed by atoms with Crippen LogP contribution in [0.2, 0.25) is 0 Å². The molecule has 0 aliphatic rings. The SMILES string of the molecule is Cc1ccc(CC(O)c2ccccc2F)cc1. The predicted molar refractivity (Wildman–Crippen MR) is 66.2 cm³/mol. The topological polar surface area (TPSA) is 20.2 Å². The monoisotopic (exact) mass is 230 g/mol. The molecule has 0 aromatic heterocycles. The summed E-state index contributed by atoms with van der Waals surface area (Å²) in [6.45, 7) is 2.01. The molecule has 0 radical (unpaired) electrons. The average Bonchev–Trinajstić information content (AvgIpc) is 2.32. The second kappa shape index (κ2) is 5.11. The highest BCUT2D eigenvalue weighted by Gasteiger charge is 2.12. The molecule has 0 heterocycles. The van der Waals surface area contributed by atoms with Crippen molar-refractivity contribution in [2.24, 2.45) is 0 Å². The minimum Gasteiger partial charge on any atom is -0.388 e. The molecule has 1 unspecified atom stereocenters. The summed E-state index contributed by atoms with van der Waals surface area (Å²) in [4.78, 5) is 0. The Bertz CT molecular complexity index is 491. The number of aliphatic hydroxyl groups is 1. The van der Waals surface area contributed by atoms with E-state index in [2.05, 4.69) is 0 Å². The van der Waals surface area contributed by atoms with Crippen molar-refractivity contribution in [2.75, 3.05) is 0 Å². The van der Waals surface area contributed by atoms with Crippen LogP contribution in [0.15, 0.2) is 48.5 Å². The molecule has 88 valence electrons. The number of halogens is 1. The Hall–Kier alpha value is -1.67. The van der Waals surface area contributed by atoms with Gasteiger partial charge in [0.15, 0.2) is 0 Å². The zero-order valence-corrected chi connectivity index (χ0v) is 9.73. The number of benzene rings is 2. The van der Waals surface area contributed by atoms with Crippen LogP contribution in [0.25, 0.3) is 0 Å². The van der Waals surface area contributed by atoms with Gasteiger partial charge >= 0.3 is 0 Å². The average molecular weight is 230 g/mol. The maximum atomic E-state index is 13.4. The number of hydrogen-bond acceptors (Lipinski definition) is 1. The van der Waals surface area contributed by atoms with Crippen LogP contribution < -0.4 is 0 Å². The summed E-state index contributed by atoms with van der Waals surface area (Å²) in [6, 6.07) is 14.2. The third-order valence-corrected chi connectivity index (χ3v) is 2.81. The van der Waals surface area contributed by atoms with E-state index < -0.39 is 6.10 Å². The van der Waals surface area contributed by atoms with Gasteiger partial charge in [-0.2, -0.15) is 0 Å². The molecular weight excluding hydrogens is 215 g/mol. The third kappa shape index (κ3) is 2.92. The van der Waals surface area contributed by atoms with Gasteiger partial charge in [0.1, 0.15) is 5.82 Å². The quantitative estimate of drug-likeness (QED) is 0.856. The van der Waals surface area contributed by atoms with Crippen LogP contribution in [-0.4, -0.2) is 5.11 Å². The summed E-state index contributed by atoms with van der Waals surface area (Å²) in [6.07, 6.45) is -0.361. The minimum atomic E-state index is -0.793. The van der Waals surface area contributed by atoms with Gasteiger partial charge in [-0.05, 0) is 18.6 Å². The Kier molecular flexibility index (Phi) is 3.55. The highest BCUT2D eigenvalue weighted by atomic mass is 19.1. The van der Waals surface area contributed by atoms with Crippen LogP contribution in [0.3, 0.4) is 0 Å². The van der Waals surface area contributed by atoms with E-state index in [0.29, 0.717) is 12.0 Å². The molecule has 0 bridgehead atoms. The Labute approximate surface area is 101 Å². The van der Waals surface area contributed by atoms with Gasteiger partial charge in [0.05, 0.1) is 6.10 Å². The van der Waals surface area contributed by atoms with E-state index in [-0.39, 0.29) is 5.82 Å². The Morgan fingerprint density at radius 3 is 2.35 bits per heavy atom. The maximum Gasteiger partial charge on any atom is 0.129 e. The molecule has 2 rings (SSSR count). The minimum absolute atomic E-state index is 0.355. The van der Waals surface area contributed by atoms with Gasteiger partial charge in [-0.25, -0.2) is 4.39 Å². The van der Waals surface area contributed by atoms with Crippen LogP contribution in [0, 0.1) is 12.7 Å². The molecule has 17 heavy (non-hydrogen) atoms. The fraction of sp³-hybridized carbons (Fsp3) is 0.200. The lowest BCUT2D eigenvalue weighted by Gasteiger charge is -2.12. The van der Waals surface area contributed by atoms with Crippen molar-refractivity contribution < 1.29 is 9.50 Å². The van der Waals surface area contributed by atoms with Crippen molar-refractivity contribution in [1.82, 2.24) is 0 Å². The van der Waals surface area contributed by atoms with Crippen molar-refractivity contribution in [3.05, 3.63) is 71.0 Å². The number of aliphatic hydroxyl groups excluding tert-OH is 1. The van der Waals surface area contributed by atoms with Crippen molar-refractivity contribution in [1.29, 1.82) is 0 Å². The van der Waals surface area contributed by atoms with Gasteiger partial charge in [-0.1, -0.05) is 48.0 Å². The van der Waals surface area contributed by atoms with Gasteiger partial charge in [0, 0.05) is 12.0 Å². The van der Waals surface area contributed by atoms with Crippen molar-refractivity contribution in [2.45, 2.75) is 19.4 Å². The molecule has 0 spiro atoms. The first kappa shape index (κ1) is 11.8. The lowest BCUT2D eigenvalue weighted by Crippen LogP contribution is -2.04. The Morgan fingerprint density at radius 1 is 1.06 bits per heavy atom. The summed E-state index contributed by atoms with van der Waals surface area (Å²) in [5.74, 6) is -0.355. The first-order chi connectivity index (χ1) is 8.16. The van der Waals surface area contributed by atoms with Crippen LogP contribution in [-0.2, 0) is 6.42 Å². The first-order valence-electron chi connectivity index (χ1n) is 5.65. The molecule has 1 atom stereocenters. The van der Waals surface area contributed by atoms with Gasteiger partial charge in [-0.3, -0.25) is 0 Å². The van der Waals surface area contributed by atoms with Gasteiger partial charge in [-0.15, -0.1) is 0 Å². The largest absolute Gasteiger partial charge is 0.388 e. The maximum absolute atomic E-state index is 13.4. The van der Waals surface area contributed by atoms with Crippen molar-refractivity contribution in [3.63, 3.8) is 0 Å². The van der Waals surface area contributed by atoms with Crippen molar-refractivity contribution >= 4 is 0 Å². The van der Waals surface area contributed by atoms with Crippen LogP contribution in [0.4, 0.5) is 4.39 Å². The zero-order chi connectivity index (χ0) is 12.3. The lowest BCUT2D eigenvalue weighted by molar-refractivity contribution is 0.173. The summed E-state index contributed by atoms with van der Waals surface area (Å²) >= 11 is 0. The normalized spacial score (nSPS) is 12.4. The molecule has 2 heteroatoms. The summed E-state index contributed by atoms with van der Waals surface area (Å²) in [7, 11) is 0. The lowest BCUT2D eigenvalue weighted by atomic mass is 10.0. The van der Waals surface area contributed by atoms with E-state index in [9.17, 15) is 9.50 Å². The second-order valence-electron chi connectivity index (χ2n) is 4.23. The first-order valence-corrected chi connectivity index (χ1v) is 5.65. The number of aryl methyl sites for hydroxylation is 1. The molecule has 0 amide bonds. The van der Waals surface area contributed by atoms with Crippen LogP contribution >= 0.6 is 0 Å².